The molecule has 4 rings (SSSR count). The Balaban J connectivity index is 1.30. The summed E-state index contributed by atoms with van der Waals surface area (Å²) in [5, 5.41) is 7.68. The van der Waals surface area contributed by atoms with Crippen LogP contribution in [0.1, 0.15) is 17.0 Å². The number of benzene rings is 2. The standard InChI is InChI=1S/C22H18N2O5/c25-21(28-14-20-23-24-22(29-20)19-11-6-12-26-19)15-27-18-10-5-4-9-17(18)13-16-7-2-1-3-8-16/h1-12H,13-15H2. The Hall–Kier alpha value is -3.87. The second kappa shape index (κ2) is 8.88. The van der Waals surface area contributed by atoms with Gasteiger partial charge in [-0.1, -0.05) is 48.5 Å². The van der Waals surface area contributed by atoms with Crippen molar-refractivity contribution >= 4 is 5.97 Å². The molecule has 0 amide bonds. The highest BCUT2D eigenvalue weighted by Gasteiger charge is 2.13. The topological polar surface area (TPSA) is 87.6 Å². The molecule has 0 aliphatic rings. The van der Waals surface area contributed by atoms with Crippen molar-refractivity contribution in [1.82, 2.24) is 10.2 Å². The fourth-order valence-electron chi connectivity index (χ4n) is 2.74. The summed E-state index contributed by atoms with van der Waals surface area (Å²) in [5.74, 6) is 0.971. The van der Waals surface area contributed by atoms with Gasteiger partial charge < -0.3 is 18.3 Å². The summed E-state index contributed by atoms with van der Waals surface area (Å²) in [6.45, 7) is -0.355. The first-order valence-electron chi connectivity index (χ1n) is 9.04. The molecule has 2 aromatic carbocycles. The van der Waals surface area contributed by atoms with E-state index in [9.17, 15) is 4.79 Å². The predicted octanol–water partition coefficient (Wildman–Crippen LogP) is 4.04. The van der Waals surface area contributed by atoms with Gasteiger partial charge in [-0.3, -0.25) is 0 Å². The van der Waals surface area contributed by atoms with Crippen LogP contribution in [-0.2, 0) is 22.6 Å². The van der Waals surface area contributed by atoms with Crippen LogP contribution in [0.4, 0.5) is 0 Å². The highest BCUT2D eigenvalue weighted by Crippen LogP contribution is 2.22. The van der Waals surface area contributed by atoms with Crippen molar-refractivity contribution in [3.05, 3.63) is 90.0 Å². The molecule has 0 aliphatic heterocycles. The lowest BCUT2D eigenvalue weighted by Crippen LogP contribution is -2.15. The molecule has 0 aliphatic carbocycles. The van der Waals surface area contributed by atoms with Crippen LogP contribution in [0.2, 0.25) is 0 Å². The number of furan rings is 1. The molecule has 0 bridgehead atoms. The summed E-state index contributed by atoms with van der Waals surface area (Å²) in [6.07, 6.45) is 2.22. The van der Waals surface area contributed by atoms with Crippen molar-refractivity contribution in [2.75, 3.05) is 6.61 Å². The Morgan fingerprint density at radius 3 is 2.59 bits per heavy atom. The second-order valence-electron chi connectivity index (χ2n) is 6.20. The van der Waals surface area contributed by atoms with Crippen LogP contribution in [0, 0.1) is 0 Å². The van der Waals surface area contributed by atoms with Gasteiger partial charge in [-0.05, 0) is 29.3 Å². The average molecular weight is 390 g/mol. The van der Waals surface area contributed by atoms with E-state index >= 15 is 0 Å². The number of carbonyl (C=O) groups excluding carboxylic acids is 1. The van der Waals surface area contributed by atoms with Gasteiger partial charge in [-0.15, -0.1) is 10.2 Å². The third kappa shape index (κ3) is 4.90. The van der Waals surface area contributed by atoms with E-state index in [-0.39, 0.29) is 25.0 Å². The van der Waals surface area contributed by atoms with Crippen LogP contribution in [0.25, 0.3) is 11.7 Å². The maximum atomic E-state index is 12.0. The number of aromatic nitrogens is 2. The van der Waals surface area contributed by atoms with Crippen molar-refractivity contribution in [1.29, 1.82) is 0 Å². The molecule has 0 spiro atoms. The number of hydrogen-bond acceptors (Lipinski definition) is 7. The fraction of sp³-hybridized carbons (Fsp3) is 0.136. The molecule has 0 fully saturated rings. The molecule has 0 unspecified atom stereocenters. The maximum absolute atomic E-state index is 12.0. The van der Waals surface area contributed by atoms with E-state index in [1.54, 1.807) is 12.1 Å². The van der Waals surface area contributed by atoms with Crippen LogP contribution in [0.15, 0.2) is 81.8 Å². The number of rotatable bonds is 8. The number of carbonyl (C=O) groups is 1. The first-order chi connectivity index (χ1) is 14.3. The van der Waals surface area contributed by atoms with Crippen molar-refractivity contribution < 1.29 is 23.1 Å². The molecule has 7 nitrogen and oxygen atoms in total. The molecule has 2 heterocycles. The lowest BCUT2D eigenvalue weighted by molar-refractivity contribution is -0.148. The van der Waals surface area contributed by atoms with Gasteiger partial charge in [0, 0.05) is 6.42 Å². The molecule has 2 aromatic heterocycles. The van der Waals surface area contributed by atoms with Crippen molar-refractivity contribution in [2.45, 2.75) is 13.0 Å². The molecular weight excluding hydrogens is 372 g/mol. The fourth-order valence-corrected chi connectivity index (χ4v) is 2.74. The van der Waals surface area contributed by atoms with Gasteiger partial charge in [0.25, 0.3) is 11.8 Å². The third-order valence-corrected chi connectivity index (χ3v) is 4.11. The number of esters is 1. The van der Waals surface area contributed by atoms with Gasteiger partial charge in [0.2, 0.25) is 0 Å². The molecule has 0 saturated heterocycles. The van der Waals surface area contributed by atoms with E-state index in [1.807, 2.05) is 54.6 Å². The first kappa shape index (κ1) is 18.5. The van der Waals surface area contributed by atoms with Gasteiger partial charge in [0.15, 0.2) is 19.0 Å². The molecule has 0 radical (unpaired) electrons. The molecule has 29 heavy (non-hydrogen) atoms. The lowest BCUT2D eigenvalue weighted by atomic mass is 10.0. The van der Waals surface area contributed by atoms with E-state index in [2.05, 4.69) is 10.2 Å². The lowest BCUT2D eigenvalue weighted by Gasteiger charge is -2.11. The summed E-state index contributed by atoms with van der Waals surface area (Å²) in [7, 11) is 0. The first-order valence-corrected chi connectivity index (χ1v) is 9.04. The Labute approximate surface area is 166 Å². The quantitative estimate of drug-likeness (QED) is 0.420. The second-order valence-corrected chi connectivity index (χ2v) is 6.20. The van der Waals surface area contributed by atoms with E-state index in [4.69, 9.17) is 18.3 Å². The zero-order valence-electron chi connectivity index (χ0n) is 15.5. The minimum absolute atomic E-state index is 0.137. The van der Waals surface area contributed by atoms with Crippen LogP contribution in [0.5, 0.6) is 5.75 Å². The van der Waals surface area contributed by atoms with Crippen molar-refractivity contribution in [3.8, 4) is 17.4 Å². The Kier molecular flexibility index (Phi) is 5.66. The van der Waals surface area contributed by atoms with Gasteiger partial charge in [0.05, 0.1) is 6.26 Å². The van der Waals surface area contributed by atoms with Crippen molar-refractivity contribution in [2.24, 2.45) is 0 Å². The molecule has 4 aromatic rings. The van der Waals surface area contributed by atoms with E-state index in [1.165, 1.54) is 6.26 Å². The number of hydrogen-bond donors (Lipinski definition) is 0. The SMILES string of the molecule is O=C(COc1ccccc1Cc1ccccc1)OCc1nnc(-c2ccco2)o1. The third-order valence-electron chi connectivity index (χ3n) is 4.11. The highest BCUT2D eigenvalue weighted by molar-refractivity contribution is 5.71. The summed E-state index contributed by atoms with van der Waals surface area (Å²) < 4.78 is 21.4. The van der Waals surface area contributed by atoms with E-state index in [0.29, 0.717) is 17.9 Å². The monoisotopic (exact) mass is 390 g/mol. The molecular formula is C22H18N2O5. The largest absolute Gasteiger partial charge is 0.482 e. The Bertz CT molecular complexity index is 1060. The summed E-state index contributed by atoms with van der Waals surface area (Å²) in [4.78, 5) is 12.0. The normalized spacial score (nSPS) is 10.6. The zero-order chi connectivity index (χ0) is 19.9. The smallest absolute Gasteiger partial charge is 0.344 e. The molecule has 0 atom stereocenters. The van der Waals surface area contributed by atoms with E-state index in [0.717, 1.165) is 11.1 Å². The van der Waals surface area contributed by atoms with Crippen LogP contribution < -0.4 is 4.74 Å². The number of para-hydroxylation sites is 1. The molecule has 0 saturated carbocycles. The van der Waals surface area contributed by atoms with Crippen molar-refractivity contribution in [3.63, 3.8) is 0 Å². The number of ether oxygens (including phenoxy) is 2. The van der Waals surface area contributed by atoms with E-state index < -0.39 is 5.97 Å². The average Bonchev–Trinajstić information content (AvgIpc) is 3.44. The molecule has 0 N–H and O–H groups in total. The van der Waals surface area contributed by atoms with Gasteiger partial charge in [0.1, 0.15) is 5.75 Å². The maximum Gasteiger partial charge on any atom is 0.344 e. The summed E-state index contributed by atoms with van der Waals surface area (Å²) in [5.41, 5.74) is 2.15. The summed E-state index contributed by atoms with van der Waals surface area (Å²) >= 11 is 0. The van der Waals surface area contributed by atoms with Crippen LogP contribution in [-0.4, -0.2) is 22.8 Å². The zero-order valence-corrected chi connectivity index (χ0v) is 15.5. The Morgan fingerprint density at radius 2 is 1.76 bits per heavy atom. The molecule has 146 valence electrons. The minimum atomic E-state index is -0.530. The Morgan fingerprint density at radius 1 is 0.931 bits per heavy atom. The van der Waals surface area contributed by atoms with Crippen LogP contribution >= 0.6 is 0 Å². The minimum Gasteiger partial charge on any atom is -0.482 e. The summed E-state index contributed by atoms with van der Waals surface area (Å²) in [6, 6.07) is 21.1. The van der Waals surface area contributed by atoms with Crippen LogP contribution in [0.3, 0.4) is 0 Å². The highest BCUT2D eigenvalue weighted by atomic mass is 16.6. The molecule has 7 heteroatoms. The predicted molar refractivity (Wildman–Crippen MR) is 103 cm³/mol. The van der Waals surface area contributed by atoms with Gasteiger partial charge in [-0.25, -0.2) is 4.79 Å². The van der Waals surface area contributed by atoms with Gasteiger partial charge >= 0.3 is 5.97 Å². The van der Waals surface area contributed by atoms with Gasteiger partial charge in [-0.2, -0.15) is 0 Å². The number of nitrogens with zero attached hydrogens (tertiary/aromatic N) is 2.